The largest absolute Gasteiger partial charge is 0.398 e. The average Bonchev–Trinajstić information content (AvgIpc) is 2.35. The first kappa shape index (κ1) is 15.4. The van der Waals surface area contributed by atoms with Crippen molar-refractivity contribution in [1.82, 2.24) is 5.32 Å². The van der Waals surface area contributed by atoms with Crippen molar-refractivity contribution in [3.8, 4) is 0 Å². The van der Waals surface area contributed by atoms with Gasteiger partial charge in [0.05, 0.1) is 10.6 Å². The molecule has 0 saturated heterocycles. The van der Waals surface area contributed by atoms with Crippen molar-refractivity contribution in [1.29, 1.82) is 0 Å². The van der Waals surface area contributed by atoms with Crippen LogP contribution >= 0.6 is 45.8 Å². The van der Waals surface area contributed by atoms with Crippen molar-refractivity contribution < 1.29 is 4.79 Å². The lowest BCUT2D eigenvalue weighted by molar-refractivity contribution is 0.0952. The molecule has 6 heteroatoms. The van der Waals surface area contributed by atoms with Crippen LogP contribution in [0.3, 0.4) is 0 Å². The number of nitrogens with one attached hydrogen (secondary N) is 1. The Morgan fingerprint density at radius 1 is 1.25 bits per heavy atom. The fraction of sp³-hybridized carbons (Fsp3) is 0.0714. The Morgan fingerprint density at radius 2 is 2.00 bits per heavy atom. The van der Waals surface area contributed by atoms with E-state index in [2.05, 4.69) is 27.9 Å². The molecule has 0 radical (unpaired) electrons. The summed E-state index contributed by atoms with van der Waals surface area (Å²) in [7, 11) is 0. The first-order chi connectivity index (χ1) is 9.47. The summed E-state index contributed by atoms with van der Waals surface area (Å²) >= 11 is 14.1. The molecule has 0 aliphatic carbocycles. The molecule has 0 aliphatic heterocycles. The van der Waals surface area contributed by atoms with E-state index in [1.807, 2.05) is 24.3 Å². The highest BCUT2D eigenvalue weighted by Gasteiger charge is 2.15. The van der Waals surface area contributed by atoms with E-state index in [0.29, 0.717) is 11.6 Å². The van der Waals surface area contributed by atoms with Gasteiger partial charge in [-0.25, -0.2) is 0 Å². The minimum Gasteiger partial charge on any atom is -0.398 e. The molecule has 3 nitrogen and oxygen atoms in total. The summed E-state index contributed by atoms with van der Waals surface area (Å²) in [5.74, 6) is -0.317. The predicted molar refractivity (Wildman–Crippen MR) is 91.2 cm³/mol. The molecule has 2 aromatic rings. The number of rotatable bonds is 3. The molecule has 2 rings (SSSR count). The molecule has 0 aliphatic rings. The number of hydrogen-bond donors (Lipinski definition) is 2. The van der Waals surface area contributed by atoms with Crippen molar-refractivity contribution >= 4 is 57.4 Å². The molecule has 1 amide bonds. The highest BCUT2D eigenvalue weighted by molar-refractivity contribution is 14.1. The molecule has 0 heterocycles. The van der Waals surface area contributed by atoms with Crippen molar-refractivity contribution in [2.75, 3.05) is 5.73 Å². The lowest BCUT2D eigenvalue weighted by atomic mass is 10.1. The first-order valence-electron chi connectivity index (χ1n) is 5.74. The molecule has 104 valence electrons. The molecule has 0 fully saturated rings. The van der Waals surface area contributed by atoms with Crippen LogP contribution in [0.25, 0.3) is 0 Å². The molecule has 2 aromatic carbocycles. The highest BCUT2D eigenvalue weighted by atomic mass is 127. The summed E-state index contributed by atoms with van der Waals surface area (Å²) in [6.45, 7) is 0.411. The second-order valence-electron chi connectivity index (χ2n) is 4.16. The number of amides is 1. The Balaban J connectivity index is 2.13. The van der Waals surface area contributed by atoms with Gasteiger partial charge in [-0.1, -0.05) is 35.3 Å². The maximum atomic E-state index is 12.1. The zero-order valence-electron chi connectivity index (χ0n) is 10.3. The van der Waals surface area contributed by atoms with Crippen LogP contribution in [0.2, 0.25) is 10.0 Å². The molecule has 0 atom stereocenters. The minimum atomic E-state index is -0.317. The van der Waals surface area contributed by atoms with Crippen LogP contribution in [0, 0.1) is 3.57 Å². The number of nitrogens with two attached hydrogens (primary N) is 1. The number of halogens is 3. The van der Waals surface area contributed by atoms with Crippen molar-refractivity contribution in [2.45, 2.75) is 6.54 Å². The standard InChI is InChI=1S/C14H11Cl2IN2O/c15-9-5-11(16)13(12(18)6-9)14(20)19-7-8-2-1-3-10(17)4-8/h1-6H,7,18H2,(H,19,20). The molecule has 0 saturated carbocycles. The summed E-state index contributed by atoms with van der Waals surface area (Å²) in [6.07, 6.45) is 0. The zero-order chi connectivity index (χ0) is 14.7. The third-order valence-electron chi connectivity index (χ3n) is 2.65. The van der Waals surface area contributed by atoms with E-state index in [1.165, 1.54) is 12.1 Å². The van der Waals surface area contributed by atoms with Crippen LogP contribution in [0.5, 0.6) is 0 Å². The SMILES string of the molecule is Nc1cc(Cl)cc(Cl)c1C(=O)NCc1cccc(I)c1. The number of carbonyl (C=O) groups excluding carboxylic acids is 1. The van der Waals surface area contributed by atoms with Crippen LogP contribution in [0.1, 0.15) is 15.9 Å². The number of carbonyl (C=O) groups is 1. The Kier molecular flexibility index (Phi) is 5.12. The van der Waals surface area contributed by atoms with Crippen LogP contribution in [0.4, 0.5) is 5.69 Å². The van der Waals surface area contributed by atoms with Gasteiger partial charge in [0.2, 0.25) is 0 Å². The Morgan fingerprint density at radius 3 is 2.65 bits per heavy atom. The Hall–Kier alpha value is -0.980. The summed E-state index contributed by atoms with van der Waals surface area (Å²) in [5.41, 5.74) is 7.31. The van der Waals surface area contributed by atoms with E-state index in [9.17, 15) is 4.79 Å². The third-order valence-corrected chi connectivity index (χ3v) is 3.84. The quantitative estimate of drug-likeness (QED) is 0.579. The van der Waals surface area contributed by atoms with Gasteiger partial charge in [-0.05, 0) is 52.4 Å². The summed E-state index contributed by atoms with van der Waals surface area (Å²) in [6, 6.07) is 10.9. The number of anilines is 1. The summed E-state index contributed by atoms with van der Waals surface area (Å²) in [5, 5.41) is 3.44. The van der Waals surface area contributed by atoms with Gasteiger partial charge in [0.25, 0.3) is 5.91 Å². The van der Waals surface area contributed by atoms with Gasteiger partial charge >= 0.3 is 0 Å². The summed E-state index contributed by atoms with van der Waals surface area (Å²) < 4.78 is 1.11. The number of nitrogen functional groups attached to an aromatic ring is 1. The average molecular weight is 421 g/mol. The van der Waals surface area contributed by atoms with Gasteiger partial charge in [0.1, 0.15) is 0 Å². The van der Waals surface area contributed by atoms with E-state index >= 15 is 0 Å². The number of benzene rings is 2. The van der Waals surface area contributed by atoms with Crippen molar-refractivity contribution in [3.05, 3.63) is 61.1 Å². The fourth-order valence-corrected chi connectivity index (χ4v) is 2.95. The second kappa shape index (κ2) is 6.65. The van der Waals surface area contributed by atoms with Gasteiger partial charge in [0, 0.05) is 20.8 Å². The monoisotopic (exact) mass is 420 g/mol. The maximum Gasteiger partial charge on any atom is 0.255 e. The number of hydrogen-bond acceptors (Lipinski definition) is 2. The molecule has 3 N–H and O–H groups in total. The van der Waals surface area contributed by atoms with Crippen LogP contribution in [0.15, 0.2) is 36.4 Å². The maximum absolute atomic E-state index is 12.1. The van der Waals surface area contributed by atoms with E-state index in [4.69, 9.17) is 28.9 Å². The predicted octanol–water partition coefficient (Wildman–Crippen LogP) is 4.11. The van der Waals surface area contributed by atoms with Gasteiger partial charge < -0.3 is 11.1 Å². The molecule has 0 unspecified atom stereocenters. The molecule has 0 aromatic heterocycles. The molecular weight excluding hydrogens is 410 g/mol. The molecular formula is C14H11Cl2IN2O. The Bertz CT molecular complexity index is 638. The normalized spacial score (nSPS) is 10.3. The van der Waals surface area contributed by atoms with Crippen molar-refractivity contribution in [2.24, 2.45) is 0 Å². The van der Waals surface area contributed by atoms with Crippen molar-refractivity contribution in [3.63, 3.8) is 0 Å². The van der Waals surface area contributed by atoms with Gasteiger partial charge in [0.15, 0.2) is 0 Å². The zero-order valence-corrected chi connectivity index (χ0v) is 14.0. The molecule has 20 heavy (non-hydrogen) atoms. The Labute approximate surface area is 140 Å². The third kappa shape index (κ3) is 3.77. The van der Waals surface area contributed by atoms with E-state index in [1.54, 1.807) is 0 Å². The van der Waals surface area contributed by atoms with Gasteiger partial charge in [-0.2, -0.15) is 0 Å². The van der Waals surface area contributed by atoms with E-state index in [0.717, 1.165) is 9.13 Å². The second-order valence-corrected chi connectivity index (χ2v) is 6.25. The molecule has 0 spiro atoms. The first-order valence-corrected chi connectivity index (χ1v) is 7.58. The lowest BCUT2D eigenvalue weighted by Crippen LogP contribution is -2.24. The van der Waals surface area contributed by atoms with Crippen LogP contribution in [-0.2, 0) is 6.54 Å². The fourth-order valence-electron chi connectivity index (χ4n) is 1.75. The minimum absolute atomic E-state index is 0.246. The molecule has 0 bridgehead atoms. The topological polar surface area (TPSA) is 55.1 Å². The van der Waals surface area contributed by atoms with Crippen LogP contribution < -0.4 is 11.1 Å². The highest BCUT2D eigenvalue weighted by Crippen LogP contribution is 2.27. The van der Waals surface area contributed by atoms with E-state index in [-0.39, 0.29) is 22.2 Å². The lowest BCUT2D eigenvalue weighted by Gasteiger charge is -2.10. The van der Waals surface area contributed by atoms with E-state index < -0.39 is 0 Å². The van der Waals surface area contributed by atoms with Gasteiger partial charge in [-0.3, -0.25) is 4.79 Å². The smallest absolute Gasteiger partial charge is 0.255 e. The van der Waals surface area contributed by atoms with Gasteiger partial charge in [-0.15, -0.1) is 0 Å². The van der Waals surface area contributed by atoms with Crippen LogP contribution in [-0.4, -0.2) is 5.91 Å². The summed E-state index contributed by atoms with van der Waals surface area (Å²) in [4.78, 5) is 12.1.